The summed E-state index contributed by atoms with van der Waals surface area (Å²) in [5, 5.41) is 18.5. The van der Waals surface area contributed by atoms with Crippen LogP contribution in [0.2, 0.25) is 0 Å². The Labute approximate surface area is 60.6 Å². The van der Waals surface area contributed by atoms with Gasteiger partial charge in [-0.25, -0.2) is 0 Å². The molecule has 0 amide bonds. The van der Waals surface area contributed by atoms with Crippen molar-refractivity contribution in [1.82, 2.24) is 0 Å². The quantitative estimate of drug-likeness (QED) is 0.496. The topological polar surface area (TPSA) is 49.7 Å². The van der Waals surface area contributed by atoms with Crippen molar-refractivity contribution in [2.24, 2.45) is 5.92 Å². The highest BCUT2D eigenvalue weighted by molar-refractivity contribution is 4.81. The highest BCUT2D eigenvalue weighted by Gasteiger charge is 2.33. The Hall–Kier alpha value is -0.120. The number of rotatable bonds is 0. The van der Waals surface area contributed by atoms with Crippen molar-refractivity contribution in [1.29, 1.82) is 0 Å². The fraction of sp³-hybridized carbons (Fsp3) is 1.00. The normalized spacial score (nSPS) is 49.2. The van der Waals surface area contributed by atoms with E-state index in [9.17, 15) is 10.2 Å². The molecule has 0 radical (unpaired) electrons. The third-order valence-corrected chi connectivity index (χ3v) is 2.04. The van der Waals surface area contributed by atoms with Crippen LogP contribution in [0.3, 0.4) is 0 Å². The van der Waals surface area contributed by atoms with Gasteiger partial charge in [0.15, 0.2) is 0 Å². The Morgan fingerprint density at radius 1 is 1.20 bits per heavy atom. The number of hydrogen-bond donors (Lipinski definition) is 2. The van der Waals surface area contributed by atoms with E-state index in [0.29, 0.717) is 6.61 Å². The van der Waals surface area contributed by atoms with Gasteiger partial charge in [-0.2, -0.15) is 0 Å². The van der Waals surface area contributed by atoms with Gasteiger partial charge in [0.2, 0.25) is 0 Å². The molecule has 1 fully saturated rings. The molecule has 0 aliphatic carbocycles. The maximum absolute atomic E-state index is 9.29. The molecule has 0 spiro atoms. The molecule has 60 valence electrons. The summed E-state index contributed by atoms with van der Waals surface area (Å²) in [5.74, 6) is 0.0474. The average Bonchev–Trinajstić information content (AvgIpc) is 1.93. The Balaban J connectivity index is 2.52. The largest absolute Gasteiger partial charge is 0.390 e. The number of ether oxygens (including phenoxy) is 1. The Morgan fingerprint density at radius 3 is 2.30 bits per heavy atom. The molecule has 0 aromatic carbocycles. The summed E-state index contributed by atoms with van der Waals surface area (Å²) in [7, 11) is 0. The molecule has 1 heterocycles. The van der Waals surface area contributed by atoms with Crippen LogP contribution >= 0.6 is 0 Å². The molecule has 2 N–H and O–H groups in total. The third kappa shape index (κ3) is 1.31. The van der Waals surface area contributed by atoms with Crippen LogP contribution in [0.1, 0.15) is 13.8 Å². The molecule has 3 heteroatoms. The van der Waals surface area contributed by atoms with Crippen molar-refractivity contribution < 1.29 is 14.9 Å². The minimum absolute atomic E-state index is 0.0474. The van der Waals surface area contributed by atoms with Crippen LogP contribution in [0.5, 0.6) is 0 Å². The zero-order chi connectivity index (χ0) is 7.72. The molecule has 3 nitrogen and oxygen atoms in total. The van der Waals surface area contributed by atoms with Gasteiger partial charge in [0.25, 0.3) is 0 Å². The van der Waals surface area contributed by atoms with Crippen LogP contribution in [0.25, 0.3) is 0 Å². The van der Waals surface area contributed by atoms with Gasteiger partial charge in [-0.3, -0.25) is 0 Å². The minimum atomic E-state index is -0.719. The van der Waals surface area contributed by atoms with Crippen LogP contribution in [0.4, 0.5) is 0 Å². The Bertz CT molecular complexity index is 101. The predicted octanol–water partition coefficient (Wildman–Crippen LogP) is -0.237. The molecule has 1 saturated heterocycles. The van der Waals surface area contributed by atoms with Gasteiger partial charge in [-0.15, -0.1) is 0 Å². The Morgan fingerprint density at radius 2 is 1.80 bits per heavy atom. The maximum Gasteiger partial charge on any atom is 0.106 e. The van der Waals surface area contributed by atoms with Crippen molar-refractivity contribution in [3.63, 3.8) is 0 Å². The van der Waals surface area contributed by atoms with E-state index < -0.39 is 12.2 Å². The molecule has 1 rings (SSSR count). The summed E-state index contributed by atoms with van der Waals surface area (Å²) < 4.78 is 5.16. The average molecular weight is 146 g/mol. The van der Waals surface area contributed by atoms with E-state index in [4.69, 9.17) is 4.74 Å². The number of hydrogen-bond acceptors (Lipinski definition) is 3. The summed E-state index contributed by atoms with van der Waals surface area (Å²) in [6.45, 7) is 4.17. The minimum Gasteiger partial charge on any atom is -0.390 e. The molecular formula is C7H14O3. The lowest BCUT2D eigenvalue weighted by Gasteiger charge is -2.34. The third-order valence-electron chi connectivity index (χ3n) is 2.04. The maximum atomic E-state index is 9.29. The number of aliphatic hydroxyl groups is 2. The number of aliphatic hydroxyl groups excluding tert-OH is 2. The van der Waals surface area contributed by atoms with Crippen LogP contribution in [-0.4, -0.2) is 35.1 Å². The lowest BCUT2D eigenvalue weighted by atomic mass is 9.95. The second-order valence-corrected chi connectivity index (χ2v) is 3.00. The van der Waals surface area contributed by atoms with E-state index in [-0.39, 0.29) is 12.0 Å². The second-order valence-electron chi connectivity index (χ2n) is 3.00. The lowest BCUT2D eigenvalue weighted by molar-refractivity contribution is -0.153. The molecule has 0 saturated carbocycles. The summed E-state index contributed by atoms with van der Waals surface area (Å²) in [6.07, 6.45) is -1.57. The fourth-order valence-corrected chi connectivity index (χ4v) is 1.12. The van der Waals surface area contributed by atoms with E-state index in [2.05, 4.69) is 0 Å². The van der Waals surface area contributed by atoms with E-state index in [1.54, 1.807) is 6.92 Å². The first-order valence-electron chi connectivity index (χ1n) is 3.60. The molecule has 1 aliphatic heterocycles. The van der Waals surface area contributed by atoms with Crippen molar-refractivity contribution >= 4 is 0 Å². The summed E-state index contributed by atoms with van der Waals surface area (Å²) in [4.78, 5) is 0. The molecule has 1 aliphatic rings. The van der Waals surface area contributed by atoms with Crippen molar-refractivity contribution in [2.75, 3.05) is 6.61 Å². The first-order chi connectivity index (χ1) is 4.63. The Kier molecular flexibility index (Phi) is 2.28. The van der Waals surface area contributed by atoms with Gasteiger partial charge >= 0.3 is 0 Å². The van der Waals surface area contributed by atoms with Gasteiger partial charge in [0.05, 0.1) is 18.8 Å². The van der Waals surface area contributed by atoms with Crippen LogP contribution in [-0.2, 0) is 4.74 Å². The summed E-state index contributed by atoms with van der Waals surface area (Å²) >= 11 is 0. The zero-order valence-electron chi connectivity index (χ0n) is 6.32. The fourth-order valence-electron chi connectivity index (χ4n) is 1.12. The van der Waals surface area contributed by atoms with Crippen LogP contribution in [0.15, 0.2) is 0 Å². The summed E-state index contributed by atoms with van der Waals surface area (Å²) in [5.41, 5.74) is 0. The molecule has 0 bridgehead atoms. The van der Waals surface area contributed by atoms with E-state index >= 15 is 0 Å². The standard InChI is InChI=1S/C7H14O3/c1-4-3-10-5(2)7(9)6(4)8/h4-9H,3H2,1-2H3/t4-,5-,6-,7+/m0/s1. The second kappa shape index (κ2) is 2.86. The van der Waals surface area contributed by atoms with Gasteiger partial charge in [-0.1, -0.05) is 6.92 Å². The van der Waals surface area contributed by atoms with Gasteiger partial charge in [0.1, 0.15) is 6.10 Å². The van der Waals surface area contributed by atoms with E-state index in [0.717, 1.165) is 0 Å². The van der Waals surface area contributed by atoms with Crippen molar-refractivity contribution in [3.8, 4) is 0 Å². The molecule has 0 aromatic rings. The predicted molar refractivity (Wildman–Crippen MR) is 36.6 cm³/mol. The van der Waals surface area contributed by atoms with Crippen molar-refractivity contribution in [2.45, 2.75) is 32.2 Å². The van der Waals surface area contributed by atoms with E-state index in [1.807, 2.05) is 6.92 Å². The SMILES string of the molecule is C[C@@H]1OC[C@H](C)[C@H](O)[C@@H]1O. The first-order valence-corrected chi connectivity index (χ1v) is 3.60. The molecule has 10 heavy (non-hydrogen) atoms. The highest BCUT2D eigenvalue weighted by Crippen LogP contribution is 2.18. The van der Waals surface area contributed by atoms with Crippen LogP contribution in [0, 0.1) is 5.92 Å². The first kappa shape index (κ1) is 7.98. The summed E-state index contributed by atoms with van der Waals surface area (Å²) in [6, 6.07) is 0. The molecular weight excluding hydrogens is 132 g/mol. The highest BCUT2D eigenvalue weighted by atomic mass is 16.5. The van der Waals surface area contributed by atoms with Crippen LogP contribution < -0.4 is 0 Å². The molecule has 0 unspecified atom stereocenters. The van der Waals surface area contributed by atoms with Gasteiger partial charge in [-0.05, 0) is 6.92 Å². The van der Waals surface area contributed by atoms with Gasteiger partial charge < -0.3 is 14.9 Å². The molecule has 0 aromatic heterocycles. The molecule has 4 atom stereocenters. The monoisotopic (exact) mass is 146 g/mol. The lowest BCUT2D eigenvalue weighted by Crippen LogP contribution is -2.47. The zero-order valence-corrected chi connectivity index (χ0v) is 6.32. The smallest absolute Gasteiger partial charge is 0.106 e. The van der Waals surface area contributed by atoms with E-state index in [1.165, 1.54) is 0 Å². The van der Waals surface area contributed by atoms with Gasteiger partial charge in [0, 0.05) is 5.92 Å². The van der Waals surface area contributed by atoms with Crippen molar-refractivity contribution in [3.05, 3.63) is 0 Å².